The standard InChI is InChI=1S/C12H15N3O/c1-12(4-5-12)15-10-3-2-8(13)6-9(10)14-11(15)7-16/h2-3,6,16H,4-5,7,13H2,1H3. The number of nitrogen functional groups attached to an aromatic ring is 1. The predicted molar refractivity (Wildman–Crippen MR) is 63.0 cm³/mol. The first kappa shape index (κ1) is 9.66. The number of fused-ring (bicyclic) bond motifs is 1. The summed E-state index contributed by atoms with van der Waals surface area (Å²) in [6.45, 7) is 2.17. The molecule has 1 aromatic carbocycles. The average molecular weight is 217 g/mol. The molecule has 1 saturated carbocycles. The van der Waals surface area contributed by atoms with Gasteiger partial charge in [0.15, 0.2) is 0 Å². The molecule has 4 nitrogen and oxygen atoms in total. The zero-order chi connectivity index (χ0) is 11.3. The number of anilines is 1. The Hall–Kier alpha value is -1.55. The Morgan fingerprint density at radius 3 is 2.88 bits per heavy atom. The van der Waals surface area contributed by atoms with Crippen LogP contribution in [-0.2, 0) is 12.1 Å². The van der Waals surface area contributed by atoms with Crippen LogP contribution in [-0.4, -0.2) is 14.7 Å². The quantitative estimate of drug-likeness (QED) is 0.751. The molecule has 0 spiro atoms. The second kappa shape index (κ2) is 2.98. The van der Waals surface area contributed by atoms with Crippen LogP contribution in [0, 0.1) is 0 Å². The Kier molecular flexibility index (Phi) is 1.80. The molecule has 3 N–H and O–H groups in total. The van der Waals surface area contributed by atoms with Crippen LogP contribution in [0.1, 0.15) is 25.6 Å². The van der Waals surface area contributed by atoms with Crippen molar-refractivity contribution in [3.63, 3.8) is 0 Å². The van der Waals surface area contributed by atoms with Gasteiger partial charge in [-0.25, -0.2) is 4.98 Å². The van der Waals surface area contributed by atoms with Gasteiger partial charge in [-0.1, -0.05) is 0 Å². The van der Waals surface area contributed by atoms with E-state index in [2.05, 4.69) is 16.5 Å². The van der Waals surface area contributed by atoms with Crippen molar-refractivity contribution in [1.82, 2.24) is 9.55 Å². The molecule has 3 rings (SSSR count). The highest BCUT2D eigenvalue weighted by molar-refractivity contribution is 5.80. The van der Waals surface area contributed by atoms with E-state index in [-0.39, 0.29) is 12.1 Å². The molecule has 0 atom stereocenters. The summed E-state index contributed by atoms with van der Waals surface area (Å²) in [7, 11) is 0. The first-order chi connectivity index (χ1) is 7.64. The fourth-order valence-electron chi connectivity index (χ4n) is 2.26. The van der Waals surface area contributed by atoms with Crippen LogP contribution in [0.2, 0.25) is 0 Å². The first-order valence-electron chi connectivity index (χ1n) is 5.52. The summed E-state index contributed by atoms with van der Waals surface area (Å²) in [6, 6.07) is 5.73. The minimum absolute atomic E-state index is 0.0236. The predicted octanol–water partition coefficient (Wildman–Crippen LogP) is 1.62. The monoisotopic (exact) mass is 217 g/mol. The molecule has 4 heteroatoms. The lowest BCUT2D eigenvalue weighted by Crippen LogP contribution is -2.15. The number of aliphatic hydroxyl groups is 1. The van der Waals surface area contributed by atoms with Crippen molar-refractivity contribution >= 4 is 16.7 Å². The zero-order valence-electron chi connectivity index (χ0n) is 9.27. The molecule has 0 bridgehead atoms. The SMILES string of the molecule is CC1(n2c(CO)nc3cc(N)ccc32)CC1. The van der Waals surface area contributed by atoms with E-state index in [1.807, 2.05) is 18.2 Å². The van der Waals surface area contributed by atoms with E-state index in [1.54, 1.807) is 0 Å². The van der Waals surface area contributed by atoms with Gasteiger partial charge in [-0.2, -0.15) is 0 Å². The van der Waals surface area contributed by atoms with Gasteiger partial charge >= 0.3 is 0 Å². The lowest BCUT2D eigenvalue weighted by atomic mass is 10.2. The molecule has 84 valence electrons. The summed E-state index contributed by atoms with van der Waals surface area (Å²) < 4.78 is 2.15. The van der Waals surface area contributed by atoms with E-state index in [9.17, 15) is 5.11 Å². The molecule has 0 radical (unpaired) electrons. The maximum absolute atomic E-state index is 9.37. The van der Waals surface area contributed by atoms with Crippen LogP contribution in [0.5, 0.6) is 0 Å². The maximum Gasteiger partial charge on any atom is 0.136 e. The van der Waals surface area contributed by atoms with Gasteiger partial charge in [0.05, 0.1) is 11.0 Å². The van der Waals surface area contributed by atoms with Crippen LogP contribution in [0.4, 0.5) is 5.69 Å². The van der Waals surface area contributed by atoms with Crippen LogP contribution in [0.25, 0.3) is 11.0 Å². The van der Waals surface area contributed by atoms with E-state index >= 15 is 0 Å². The minimum atomic E-state index is -0.0236. The molecule has 1 heterocycles. The topological polar surface area (TPSA) is 64.1 Å². The van der Waals surface area contributed by atoms with Crippen LogP contribution in [0.3, 0.4) is 0 Å². The minimum Gasteiger partial charge on any atom is -0.399 e. The van der Waals surface area contributed by atoms with Gasteiger partial charge in [0.1, 0.15) is 12.4 Å². The van der Waals surface area contributed by atoms with Crippen molar-refractivity contribution in [3.8, 4) is 0 Å². The van der Waals surface area contributed by atoms with E-state index in [1.165, 1.54) is 0 Å². The number of hydrogen-bond donors (Lipinski definition) is 2. The Balaban J connectivity index is 2.31. The molecule has 1 aromatic heterocycles. The van der Waals surface area contributed by atoms with Crippen LogP contribution < -0.4 is 5.73 Å². The summed E-state index contributed by atoms with van der Waals surface area (Å²) in [5.74, 6) is 0.737. The number of aromatic nitrogens is 2. The average Bonchev–Trinajstić information content (AvgIpc) is 2.89. The van der Waals surface area contributed by atoms with Crippen LogP contribution >= 0.6 is 0 Å². The molecule has 1 aliphatic rings. The highest BCUT2D eigenvalue weighted by atomic mass is 16.3. The summed E-state index contributed by atoms with van der Waals surface area (Å²) in [4.78, 5) is 4.43. The number of nitrogens with two attached hydrogens (primary N) is 1. The van der Waals surface area contributed by atoms with Gasteiger partial charge in [-0.05, 0) is 38.0 Å². The molecular weight excluding hydrogens is 202 g/mol. The van der Waals surface area contributed by atoms with Crippen molar-refractivity contribution < 1.29 is 5.11 Å². The lowest BCUT2D eigenvalue weighted by molar-refractivity contribution is 0.261. The molecule has 1 aliphatic carbocycles. The molecule has 0 unspecified atom stereocenters. The second-order valence-electron chi connectivity index (χ2n) is 4.77. The fourth-order valence-corrected chi connectivity index (χ4v) is 2.26. The van der Waals surface area contributed by atoms with Gasteiger partial charge in [0.2, 0.25) is 0 Å². The molecule has 1 fully saturated rings. The molecule has 0 aliphatic heterocycles. The van der Waals surface area contributed by atoms with E-state index < -0.39 is 0 Å². The van der Waals surface area contributed by atoms with Crippen molar-refractivity contribution in [2.24, 2.45) is 0 Å². The normalized spacial score (nSPS) is 17.9. The number of benzene rings is 1. The maximum atomic E-state index is 9.37. The number of aliphatic hydroxyl groups excluding tert-OH is 1. The summed E-state index contributed by atoms with van der Waals surface area (Å²) in [6.07, 6.45) is 2.30. The molecule has 0 saturated heterocycles. The Morgan fingerprint density at radius 2 is 2.25 bits per heavy atom. The third-order valence-corrected chi connectivity index (χ3v) is 3.40. The van der Waals surface area contributed by atoms with Gasteiger partial charge in [-0.3, -0.25) is 0 Å². The van der Waals surface area contributed by atoms with Crippen molar-refractivity contribution in [2.45, 2.75) is 31.9 Å². The molecular formula is C12H15N3O. The number of rotatable bonds is 2. The third kappa shape index (κ3) is 1.23. The van der Waals surface area contributed by atoms with Crippen molar-refractivity contribution in [1.29, 1.82) is 0 Å². The van der Waals surface area contributed by atoms with Gasteiger partial charge < -0.3 is 15.4 Å². The van der Waals surface area contributed by atoms with Crippen LogP contribution in [0.15, 0.2) is 18.2 Å². The van der Waals surface area contributed by atoms with Gasteiger partial charge in [-0.15, -0.1) is 0 Å². The molecule has 0 amide bonds. The van der Waals surface area contributed by atoms with E-state index in [0.717, 1.165) is 29.7 Å². The summed E-state index contributed by atoms with van der Waals surface area (Å²) >= 11 is 0. The van der Waals surface area contributed by atoms with E-state index in [4.69, 9.17) is 5.73 Å². The Bertz CT molecular complexity index is 555. The smallest absolute Gasteiger partial charge is 0.136 e. The fraction of sp³-hybridized carbons (Fsp3) is 0.417. The van der Waals surface area contributed by atoms with Gasteiger partial charge in [0.25, 0.3) is 0 Å². The Morgan fingerprint density at radius 1 is 1.50 bits per heavy atom. The second-order valence-corrected chi connectivity index (χ2v) is 4.77. The van der Waals surface area contributed by atoms with E-state index in [0.29, 0.717) is 5.69 Å². The number of nitrogens with zero attached hydrogens (tertiary/aromatic N) is 2. The summed E-state index contributed by atoms with van der Waals surface area (Å²) in [5, 5.41) is 9.37. The van der Waals surface area contributed by atoms with Crippen molar-refractivity contribution in [2.75, 3.05) is 5.73 Å². The lowest BCUT2D eigenvalue weighted by Gasteiger charge is -2.15. The largest absolute Gasteiger partial charge is 0.399 e. The van der Waals surface area contributed by atoms with Crippen molar-refractivity contribution in [3.05, 3.63) is 24.0 Å². The highest BCUT2D eigenvalue weighted by Gasteiger charge is 2.41. The first-order valence-corrected chi connectivity index (χ1v) is 5.52. The number of imidazole rings is 1. The third-order valence-electron chi connectivity index (χ3n) is 3.40. The highest BCUT2D eigenvalue weighted by Crippen LogP contribution is 2.45. The number of hydrogen-bond acceptors (Lipinski definition) is 3. The molecule has 16 heavy (non-hydrogen) atoms. The van der Waals surface area contributed by atoms with Gasteiger partial charge in [0, 0.05) is 11.2 Å². The summed E-state index contributed by atoms with van der Waals surface area (Å²) in [5.41, 5.74) is 8.53. The zero-order valence-corrected chi connectivity index (χ0v) is 9.27. The molecule has 2 aromatic rings. The Labute approximate surface area is 93.7 Å².